The lowest BCUT2D eigenvalue weighted by Crippen LogP contribution is -2.45. The van der Waals surface area contributed by atoms with E-state index in [4.69, 9.17) is 0 Å². The summed E-state index contributed by atoms with van der Waals surface area (Å²) in [6.07, 6.45) is 0. The van der Waals surface area contributed by atoms with E-state index in [0.29, 0.717) is 12.1 Å². The average Bonchev–Trinajstić information content (AvgIpc) is 2.84. The molecule has 0 saturated carbocycles. The summed E-state index contributed by atoms with van der Waals surface area (Å²) in [5.41, 5.74) is 4.70. The van der Waals surface area contributed by atoms with Crippen LogP contribution in [0.25, 0.3) is 11.1 Å². The number of carbonyl (C=O) groups is 1. The monoisotopic (exact) mass is 405 g/mol. The van der Waals surface area contributed by atoms with Crippen LogP contribution in [0.1, 0.15) is 35.3 Å². The van der Waals surface area contributed by atoms with Gasteiger partial charge in [0.05, 0.1) is 5.54 Å². The molecule has 0 aromatic heterocycles. The van der Waals surface area contributed by atoms with Gasteiger partial charge in [0.15, 0.2) is 0 Å². The second-order valence-electron chi connectivity index (χ2n) is 8.25. The highest BCUT2D eigenvalue weighted by atomic mass is 16.2. The predicted octanol–water partition coefficient (Wildman–Crippen LogP) is 6.93. The van der Waals surface area contributed by atoms with E-state index in [1.807, 2.05) is 83.8 Å². The summed E-state index contributed by atoms with van der Waals surface area (Å²) in [6.45, 7) is 4.77. The molecule has 0 bridgehead atoms. The van der Waals surface area contributed by atoms with Crippen LogP contribution in [0.4, 0.5) is 0 Å². The molecule has 0 fully saturated rings. The van der Waals surface area contributed by atoms with Crippen molar-refractivity contribution >= 4 is 5.91 Å². The molecule has 2 heteroatoms. The molecule has 0 radical (unpaired) electrons. The van der Waals surface area contributed by atoms with Gasteiger partial charge in [-0.05, 0) is 48.2 Å². The van der Waals surface area contributed by atoms with Crippen molar-refractivity contribution in [2.45, 2.75) is 25.9 Å². The van der Waals surface area contributed by atoms with Gasteiger partial charge in [-0.25, -0.2) is 0 Å². The van der Waals surface area contributed by atoms with Gasteiger partial charge in [-0.2, -0.15) is 0 Å². The third-order valence-corrected chi connectivity index (χ3v) is 5.82. The Balaban J connectivity index is 1.68. The lowest BCUT2D eigenvalue weighted by molar-refractivity contribution is 0.0514. The van der Waals surface area contributed by atoms with Crippen molar-refractivity contribution < 1.29 is 4.79 Å². The van der Waals surface area contributed by atoms with E-state index in [0.717, 1.165) is 22.3 Å². The Kier molecular flexibility index (Phi) is 5.99. The average molecular weight is 406 g/mol. The third-order valence-electron chi connectivity index (χ3n) is 5.82. The number of hydrogen-bond donors (Lipinski definition) is 0. The van der Waals surface area contributed by atoms with E-state index in [2.05, 4.69) is 50.2 Å². The molecule has 0 heterocycles. The van der Waals surface area contributed by atoms with Crippen LogP contribution in [-0.4, -0.2) is 10.8 Å². The molecule has 4 aromatic carbocycles. The standard InChI is InChI=1S/C29H27NO/c1-29(2,27-16-10-5-11-17-27)30(22-23-12-6-3-7-13-23)28(31)26-20-18-25(19-21-26)24-14-8-4-9-15-24/h3-21H,22H2,1-2H3. The normalized spacial score (nSPS) is 11.2. The molecule has 31 heavy (non-hydrogen) atoms. The number of amides is 1. The molecule has 0 unspecified atom stereocenters. The van der Waals surface area contributed by atoms with E-state index < -0.39 is 5.54 Å². The Morgan fingerprint density at radius 2 is 1.13 bits per heavy atom. The molecule has 2 nitrogen and oxygen atoms in total. The minimum absolute atomic E-state index is 0.0253. The van der Waals surface area contributed by atoms with Crippen LogP contribution in [0.2, 0.25) is 0 Å². The summed E-state index contributed by atoms with van der Waals surface area (Å²) in [5.74, 6) is 0.0253. The number of rotatable bonds is 6. The second-order valence-corrected chi connectivity index (χ2v) is 8.25. The van der Waals surface area contributed by atoms with Gasteiger partial charge in [-0.3, -0.25) is 4.79 Å². The summed E-state index contributed by atoms with van der Waals surface area (Å²) in [7, 11) is 0. The smallest absolute Gasteiger partial charge is 0.254 e. The molecule has 0 aliphatic heterocycles. The summed E-state index contributed by atoms with van der Waals surface area (Å²) >= 11 is 0. The maximum Gasteiger partial charge on any atom is 0.254 e. The first-order valence-corrected chi connectivity index (χ1v) is 10.6. The fourth-order valence-electron chi connectivity index (χ4n) is 3.88. The largest absolute Gasteiger partial charge is 0.325 e. The first-order chi connectivity index (χ1) is 15.1. The van der Waals surface area contributed by atoms with Crippen LogP contribution in [0.15, 0.2) is 115 Å². The second kappa shape index (κ2) is 9.01. The summed E-state index contributed by atoms with van der Waals surface area (Å²) in [6, 6.07) is 38.5. The molecule has 4 aromatic rings. The SMILES string of the molecule is CC(C)(c1ccccc1)N(Cc1ccccc1)C(=O)c1ccc(-c2ccccc2)cc1. The Labute approximate surface area is 184 Å². The Bertz CT molecular complexity index is 1120. The molecular formula is C29H27NO. The van der Waals surface area contributed by atoms with Crippen molar-refractivity contribution in [3.8, 4) is 11.1 Å². The fraction of sp³-hybridized carbons (Fsp3) is 0.138. The Morgan fingerprint density at radius 3 is 1.71 bits per heavy atom. The van der Waals surface area contributed by atoms with Gasteiger partial charge < -0.3 is 4.90 Å². The zero-order valence-electron chi connectivity index (χ0n) is 18.0. The van der Waals surface area contributed by atoms with Gasteiger partial charge in [0.1, 0.15) is 0 Å². The fourth-order valence-corrected chi connectivity index (χ4v) is 3.88. The van der Waals surface area contributed by atoms with E-state index in [1.54, 1.807) is 0 Å². The van der Waals surface area contributed by atoms with E-state index in [9.17, 15) is 4.79 Å². The van der Waals surface area contributed by atoms with Crippen molar-refractivity contribution in [1.29, 1.82) is 0 Å². The van der Waals surface area contributed by atoms with Crippen molar-refractivity contribution in [3.05, 3.63) is 132 Å². The van der Waals surface area contributed by atoms with E-state index >= 15 is 0 Å². The van der Waals surface area contributed by atoms with E-state index in [1.165, 1.54) is 0 Å². The van der Waals surface area contributed by atoms with Crippen LogP contribution in [-0.2, 0) is 12.1 Å². The van der Waals surface area contributed by atoms with Gasteiger partial charge in [0.2, 0.25) is 0 Å². The molecule has 0 aliphatic carbocycles. The highest BCUT2D eigenvalue weighted by molar-refractivity contribution is 5.95. The predicted molar refractivity (Wildman–Crippen MR) is 128 cm³/mol. The summed E-state index contributed by atoms with van der Waals surface area (Å²) in [4.78, 5) is 15.7. The molecule has 0 spiro atoms. The lowest BCUT2D eigenvalue weighted by atomic mass is 9.90. The molecule has 0 atom stereocenters. The molecule has 1 amide bonds. The zero-order chi connectivity index (χ0) is 21.7. The molecule has 4 rings (SSSR count). The maximum absolute atomic E-state index is 13.7. The summed E-state index contributed by atoms with van der Waals surface area (Å²) < 4.78 is 0. The van der Waals surface area contributed by atoms with Crippen molar-refractivity contribution in [1.82, 2.24) is 4.90 Å². The van der Waals surface area contributed by atoms with Crippen molar-refractivity contribution in [2.75, 3.05) is 0 Å². The van der Waals surface area contributed by atoms with Crippen molar-refractivity contribution in [3.63, 3.8) is 0 Å². The molecule has 0 N–H and O–H groups in total. The molecule has 0 aliphatic rings. The lowest BCUT2D eigenvalue weighted by Gasteiger charge is -2.39. The number of carbonyl (C=O) groups excluding carboxylic acids is 1. The van der Waals surface area contributed by atoms with Gasteiger partial charge in [0, 0.05) is 12.1 Å². The van der Waals surface area contributed by atoms with Crippen LogP contribution in [0, 0.1) is 0 Å². The number of hydrogen-bond acceptors (Lipinski definition) is 1. The van der Waals surface area contributed by atoms with Gasteiger partial charge in [0.25, 0.3) is 5.91 Å². The first kappa shape index (κ1) is 20.6. The molecule has 154 valence electrons. The Hall–Kier alpha value is -3.65. The molecule has 0 saturated heterocycles. The van der Waals surface area contributed by atoms with Crippen LogP contribution in [0.5, 0.6) is 0 Å². The number of nitrogens with zero attached hydrogens (tertiary/aromatic N) is 1. The third kappa shape index (κ3) is 4.59. The van der Waals surface area contributed by atoms with Crippen molar-refractivity contribution in [2.24, 2.45) is 0 Å². The van der Waals surface area contributed by atoms with Crippen LogP contribution in [0.3, 0.4) is 0 Å². The van der Waals surface area contributed by atoms with E-state index in [-0.39, 0.29) is 5.91 Å². The minimum Gasteiger partial charge on any atom is -0.325 e. The quantitative estimate of drug-likeness (QED) is 0.340. The van der Waals surface area contributed by atoms with Gasteiger partial charge in [-0.15, -0.1) is 0 Å². The van der Waals surface area contributed by atoms with Crippen LogP contribution >= 0.6 is 0 Å². The summed E-state index contributed by atoms with van der Waals surface area (Å²) in [5, 5.41) is 0. The first-order valence-electron chi connectivity index (χ1n) is 10.6. The maximum atomic E-state index is 13.7. The highest BCUT2D eigenvalue weighted by Gasteiger charge is 2.33. The highest BCUT2D eigenvalue weighted by Crippen LogP contribution is 2.31. The number of benzene rings is 4. The topological polar surface area (TPSA) is 20.3 Å². The van der Waals surface area contributed by atoms with Crippen LogP contribution < -0.4 is 0 Å². The molecular weight excluding hydrogens is 378 g/mol. The van der Waals surface area contributed by atoms with Gasteiger partial charge >= 0.3 is 0 Å². The van der Waals surface area contributed by atoms with Gasteiger partial charge in [-0.1, -0.05) is 103 Å². The minimum atomic E-state index is -0.466. The Morgan fingerprint density at radius 1 is 0.645 bits per heavy atom. The zero-order valence-corrected chi connectivity index (χ0v) is 18.0.